The minimum atomic E-state index is -2.19. The fourth-order valence-electron chi connectivity index (χ4n) is 0. The summed E-state index contributed by atoms with van der Waals surface area (Å²) in [7, 11) is 0. The molecule has 0 heterocycles. The Kier molecular flexibility index (Phi) is 27.5. The molecule has 0 atom stereocenters. The zero-order valence-electron chi connectivity index (χ0n) is 4.13. The van der Waals surface area contributed by atoms with Crippen LogP contribution in [0.25, 0.3) is 0 Å². The van der Waals surface area contributed by atoms with Crippen molar-refractivity contribution in [1.29, 1.82) is 0 Å². The van der Waals surface area contributed by atoms with Crippen molar-refractivity contribution >= 4 is 11.9 Å². The van der Waals surface area contributed by atoms with E-state index in [4.69, 9.17) is 19.8 Å². The van der Waals surface area contributed by atoms with E-state index in [0.717, 1.165) is 0 Å². The molecule has 58 valence electrons. The molecule has 0 aromatic heterocycles. The van der Waals surface area contributed by atoms with Crippen molar-refractivity contribution in [3.8, 4) is 0 Å². The highest BCUT2D eigenvalue weighted by Gasteiger charge is 1.74. The van der Waals surface area contributed by atoms with Gasteiger partial charge in [0.15, 0.2) is 0 Å². The zero-order valence-corrected chi connectivity index (χ0v) is 4.13. The van der Waals surface area contributed by atoms with E-state index in [1.165, 1.54) is 0 Å². The van der Waals surface area contributed by atoms with Gasteiger partial charge in [-0.3, -0.25) is 0 Å². The summed E-state index contributed by atoms with van der Waals surface area (Å²) in [4.78, 5) is 17.9. The Morgan fingerprint density at radius 1 is 0.778 bits per heavy atom. The van der Waals surface area contributed by atoms with Crippen molar-refractivity contribution in [3.63, 3.8) is 0 Å². The van der Waals surface area contributed by atoms with Crippen LogP contribution in [-0.4, -0.2) is 28.4 Å². The molecular weight excluding hydrogens is 136 g/mol. The normalized spacial score (nSPS) is 4.89. The van der Waals surface area contributed by atoms with E-state index in [0.29, 0.717) is 0 Å². The summed E-state index contributed by atoms with van der Waals surface area (Å²) in [6.45, 7) is 0. The van der Waals surface area contributed by atoms with Gasteiger partial charge in [0.05, 0.1) is 11.9 Å². The molecule has 7 heteroatoms. The lowest BCUT2D eigenvalue weighted by Crippen LogP contribution is -2.42. The second-order valence-corrected chi connectivity index (χ2v) is 0.575. The fourth-order valence-corrected chi connectivity index (χ4v) is 0. The van der Waals surface area contributed by atoms with E-state index in [1.807, 2.05) is 0 Å². The van der Waals surface area contributed by atoms with E-state index in [9.17, 15) is 0 Å². The third kappa shape index (κ3) is 19.9. The average Bonchev–Trinajstić information content (AvgIpc) is 1.36. The average molecular weight is 142 g/mol. The molecule has 0 rings (SSSR count). The van der Waals surface area contributed by atoms with Gasteiger partial charge in [-0.1, -0.05) is 0 Å². The van der Waals surface area contributed by atoms with E-state index < -0.39 is 11.9 Å². The lowest BCUT2D eigenvalue weighted by molar-refractivity contribution is -0.345. The van der Waals surface area contributed by atoms with Crippen LogP contribution in [0.2, 0.25) is 0 Å². The van der Waals surface area contributed by atoms with Crippen LogP contribution in [0.15, 0.2) is 0 Å². The molecule has 0 radical (unpaired) electrons. The summed E-state index contributed by atoms with van der Waals surface area (Å²) in [5.74, 6) is -4.37. The lowest BCUT2D eigenvalue weighted by Gasteiger charge is -1.97. The molecule has 9 heavy (non-hydrogen) atoms. The van der Waals surface area contributed by atoms with Crippen LogP contribution in [0.4, 0.5) is 0 Å². The molecule has 0 aliphatic heterocycles. The van der Waals surface area contributed by atoms with Crippen LogP contribution in [0.3, 0.4) is 0 Å². The second kappa shape index (κ2) is 9.94. The summed E-state index contributed by atoms with van der Waals surface area (Å²) in [5.41, 5.74) is 0. The van der Waals surface area contributed by atoms with E-state index in [1.54, 1.807) is 0 Å². The number of hydrogen-bond acceptors (Lipinski definition) is 4. The van der Waals surface area contributed by atoms with Crippen molar-refractivity contribution in [2.24, 2.45) is 0 Å². The number of carboxylic acids is 2. The minimum absolute atomic E-state index is 0. The van der Waals surface area contributed by atoms with Crippen LogP contribution in [0.5, 0.6) is 0 Å². The topological polar surface area (TPSA) is 175 Å². The first-order valence-electron chi connectivity index (χ1n) is 1.07. The first-order chi connectivity index (χ1) is 2.64. The maximum atomic E-state index is 8.93. The number of rotatable bonds is 0. The highest BCUT2D eigenvalue weighted by atomic mass is 16.4. The van der Waals surface area contributed by atoms with Gasteiger partial charge in [-0.05, 0) is 0 Å². The number of carbonyl (C=O) groups is 2. The SMILES string of the molecule is O.O.O.O=C([O-])C(=O)[O-]. The summed E-state index contributed by atoms with van der Waals surface area (Å²) in [6.07, 6.45) is 0. The molecule has 0 saturated heterocycles. The van der Waals surface area contributed by atoms with Gasteiger partial charge in [0.25, 0.3) is 0 Å². The van der Waals surface area contributed by atoms with Crippen LogP contribution in [0, 0.1) is 0 Å². The molecular formula is C2H6O7-2. The van der Waals surface area contributed by atoms with Gasteiger partial charge in [0.1, 0.15) is 0 Å². The zero-order chi connectivity index (χ0) is 5.15. The number of carbonyl (C=O) groups excluding carboxylic acids is 2. The molecule has 0 aliphatic carbocycles. The molecule has 0 bridgehead atoms. The molecule has 0 aromatic rings. The van der Waals surface area contributed by atoms with Gasteiger partial charge in [0, 0.05) is 0 Å². The summed E-state index contributed by atoms with van der Waals surface area (Å²) < 4.78 is 0. The van der Waals surface area contributed by atoms with Crippen molar-refractivity contribution in [2.75, 3.05) is 0 Å². The van der Waals surface area contributed by atoms with Crippen LogP contribution >= 0.6 is 0 Å². The van der Waals surface area contributed by atoms with Gasteiger partial charge in [-0.25, -0.2) is 0 Å². The Morgan fingerprint density at radius 3 is 0.889 bits per heavy atom. The predicted octanol–water partition coefficient (Wildman–Crippen LogP) is -5.99. The highest BCUT2D eigenvalue weighted by Crippen LogP contribution is 1.41. The van der Waals surface area contributed by atoms with Crippen molar-refractivity contribution in [3.05, 3.63) is 0 Å². The Balaban J connectivity index is -0.0000000417. The fraction of sp³-hybridized carbons (Fsp3) is 0. The van der Waals surface area contributed by atoms with Gasteiger partial charge in [-0.15, -0.1) is 0 Å². The van der Waals surface area contributed by atoms with E-state index in [2.05, 4.69) is 0 Å². The van der Waals surface area contributed by atoms with Gasteiger partial charge in [-0.2, -0.15) is 0 Å². The molecule has 7 nitrogen and oxygen atoms in total. The largest absolute Gasteiger partial charge is 0.543 e. The third-order valence-corrected chi connectivity index (χ3v) is 0.167. The van der Waals surface area contributed by atoms with Crippen LogP contribution in [-0.2, 0) is 9.59 Å². The molecule has 0 aliphatic rings. The van der Waals surface area contributed by atoms with Crippen molar-refractivity contribution in [1.82, 2.24) is 0 Å². The Morgan fingerprint density at radius 2 is 0.889 bits per heavy atom. The quantitative estimate of drug-likeness (QED) is 0.306. The van der Waals surface area contributed by atoms with Gasteiger partial charge < -0.3 is 36.2 Å². The number of hydrogen-bond donors (Lipinski definition) is 0. The van der Waals surface area contributed by atoms with E-state index in [-0.39, 0.29) is 16.4 Å². The Hall–Kier alpha value is -1.18. The molecule has 0 unspecified atom stereocenters. The molecule has 0 aromatic carbocycles. The maximum absolute atomic E-state index is 8.93. The van der Waals surface area contributed by atoms with Gasteiger partial charge >= 0.3 is 0 Å². The standard InChI is InChI=1S/C2H2O4.3H2O/c3-1(4)2(5)6;;;/h(H,3,4)(H,5,6);3*1H2/p-2. The predicted molar refractivity (Wildman–Crippen MR) is 20.9 cm³/mol. The third-order valence-electron chi connectivity index (χ3n) is 0.167. The molecule has 0 amide bonds. The van der Waals surface area contributed by atoms with Crippen LogP contribution in [0.1, 0.15) is 0 Å². The second-order valence-electron chi connectivity index (χ2n) is 0.575. The maximum Gasteiger partial charge on any atom is 0.0870 e. The summed E-state index contributed by atoms with van der Waals surface area (Å²) in [5, 5.41) is 17.9. The number of aliphatic carboxylic acids is 2. The highest BCUT2D eigenvalue weighted by molar-refractivity contribution is 6.25. The molecule has 0 spiro atoms. The summed E-state index contributed by atoms with van der Waals surface area (Å²) >= 11 is 0. The first-order valence-corrected chi connectivity index (χ1v) is 1.07. The van der Waals surface area contributed by atoms with Gasteiger partial charge in [0.2, 0.25) is 0 Å². The number of carboxylic acid groups (broad SMARTS) is 2. The molecule has 6 N–H and O–H groups in total. The summed E-state index contributed by atoms with van der Waals surface area (Å²) in [6, 6.07) is 0. The van der Waals surface area contributed by atoms with E-state index >= 15 is 0 Å². The first kappa shape index (κ1) is 24.9. The molecule has 0 fully saturated rings. The van der Waals surface area contributed by atoms with Crippen molar-refractivity contribution < 1.29 is 36.2 Å². The monoisotopic (exact) mass is 142 g/mol. The Bertz CT molecular complexity index is 72.9. The minimum Gasteiger partial charge on any atom is -0.543 e. The lowest BCUT2D eigenvalue weighted by atomic mass is 10.7. The Labute approximate surface area is 49.5 Å². The smallest absolute Gasteiger partial charge is 0.0870 e. The van der Waals surface area contributed by atoms with Crippen LogP contribution < -0.4 is 10.2 Å². The molecule has 0 saturated carbocycles. The van der Waals surface area contributed by atoms with Crippen molar-refractivity contribution in [2.45, 2.75) is 0 Å².